The zero-order valence-corrected chi connectivity index (χ0v) is 15.2. The number of carbonyl (C=O) groups is 2. The molecule has 0 aliphatic carbocycles. The molecule has 2 amide bonds. The maximum atomic E-state index is 12.6. The van der Waals surface area contributed by atoms with E-state index in [1.165, 1.54) is 0 Å². The summed E-state index contributed by atoms with van der Waals surface area (Å²) in [5, 5.41) is 3.99. The predicted molar refractivity (Wildman–Crippen MR) is 102 cm³/mol. The van der Waals surface area contributed by atoms with Gasteiger partial charge in [-0.05, 0) is 48.7 Å². The van der Waals surface area contributed by atoms with Crippen molar-refractivity contribution in [3.63, 3.8) is 0 Å². The van der Waals surface area contributed by atoms with E-state index in [-0.39, 0.29) is 17.7 Å². The highest BCUT2D eigenvalue weighted by Crippen LogP contribution is 2.21. The number of hydrogen-bond donors (Lipinski definition) is 1. The third-order valence-electron chi connectivity index (χ3n) is 4.56. The average Bonchev–Trinajstić information content (AvgIpc) is 2.74. The topological polar surface area (TPSA) is 83.9 Å². The second-order valence-corrected chi connectivity index (χ2v) is 6.31. The number of methoxy groups -OCH3 is 1. The molecule has 1 aliphatic heterocycles. The van der Waals surface area contributed by atoms with E-state index in [4.69, 9.17) is 4.74 Å². The molecule has 1 aromatic heterocycles. The van der Waals surface area contributed by atoms with Crippen molar-refractivity contribution in [1.29, 1.82) is 0 Å². The minimum atomic E-state index is -0.144. The maximum absolute atomic E-state index is 12.6. The Balaban J connectivity index is 1.50. The van der Waals surface area contributed by atoms with E-state index in [0.29, 0.717) is 37.2 Å². The van der Waals surface area contributed by atoms with Gasteiger partial charge in [0.15, 0.2) is 0 Å². The van der Waals surface area contributed by atoms with E-state index in [2.05, 4.69) is 15.5 Å². The normalized spacial score (nSPS) is 14.9. The van der Waals surface area contributed by atoms with Crippen LogP contribution < -0.4 is 10.2 Å². The number of carbonyl (C=O) groups excluding carboxylic acids is 2. The number of ether oxygens (including phenoxy) is 1. The summed E-state index contributed by atoms with van der Waals surface area (Å²) in [5.74, 6) is 0.355. The van der Waals surface area contributed by atoms with Crippen LogP contribution in [0.25, 0.3) is 0 Å². The number of hydrogen-bond acceptors (Lipinski definition) is 5. The lowest BCUT2D eigenvalue weighted by Gasteiger charge is -2.31. The molecule has 2 heterocycles. The summed E-state index contributed by atoms with van der Waals surface area (Å²) in [6, 6.07) is 10.7. The Morgan fingerprint density at radius 1 is 1.22 bits per heavy atom. The molecular formula is C20H22N4O3. The number of amides is 2. The van der Waals surface area contributed by atoms with Gasteiger partial charge in [-0.15, -0.1) is 0 Å². The predicted octanol–water partition coefficient (Wildman–Crippen LogP) is 2.09. The van der Waals surface area contributed by atoms with Gasteiger partial charge in [0, 0.05) is 37.0 Å². The van der Waals surface area contributed by atoms with Gasteiger partial charge in [0.1, 0.15) is 5.75 Å². The Hall–Kier alpha value is -3.22. The number of pyridine rings is 1. The van der Waals surface area contributed by atoms with Gasteiger partial charge in [-0.2, -0.15) is 5.10 Å². The first-order valence-electron chi connectivity index (χ1n) is 8.83. The molecule has 0 bridgehead atoms. The number of rotatable bonds is 5. The molecule has 0 saturated carbocycles. The smallest absolute Gasteiger partial charge is 0.253 e. The summed E-state index contributed by atoms with van der Waals surface area (Å²) < 4.78 is 5.17. The third kappa shape index (κ3) is 4.91. The van der Waals surface area contributed by atoms with E-state index in [9.17, 15) is 9.59 Å². The Morgan fingerprint density at radius 3 is 2.67 bits per heavy atom. The molecular weight excluding hydrogens is 344 g/mol. The van der Waals surface area contributed by atoms with Crippen molar-refractivity contribution >= 4 is 18.0 Å². The summed E-state index contributed by atoms with van der Waals surface area (Å²) in [6.45, 7) is 1.09. The lowest BCUT2D eigenvalue weighted by atomic mass is 9.95. The van der Waals surface area contributed by atoms with Crippen LogP contribution in [-0.4, -0.2) is 48.1 Å². The average molecular weight is 366 g/mol. The number of piperidine rings is 1. The number of likely N-dealkylation sites (tertiary alicyclic amines) is 1. The van der Waals surface area contributed by atoms with Crippen LogP contribution in [0.4, 0.5) is 0 Å². The molecule has 1 saturated heterocycles. The van der Waals surface area contributed by atoms with Gasteiger partial charge in [0.05, 0.1) is 13.3 Å². The van der Waals surface area contributed by atoms with Gasteiger partial charge in [0.25, 0.3) is 5.91 Å². The molecule has 2 aromatic rings. The first-order chi connectivity index (χ1) is 13.2. The van der Waals surface area contributed by atoms with Gasteiger partial charge in [-0.3, -0.25) is 14.6 Å². The minimum absolute atomic E-state index is 0.0385. The van der Waals surface area contributed by atoms with Crippen molar-refractivity contribution in [2.45, 2.75) is 12.8 Å². The Labute approximate surface area is 158 Å². The van der Waals surface area contributed by atoms with Crippen LogP contribution in [-0.2, 0) is 4.79 Å². The minimum Gasteiger partial charge on any atom is -0.497 e. The standard InChI is InChI=1S/C20H22N4O3/c1-27-18-4-2-3-17(13-18)20(26)24-11-7-16(8-12-24)19(25)23-22-14-15-5-9-21-10-6-15/h2-6,9-10,13-14,16H,7-8,11-12H2,1H3,(H,23,25). The van der Waals surface area contributed by atoms with Crippen LogP contribution in [0.1, 0.15) is 28.8 Å². The Morgan fingerprint density at radius 2 is 1.96 bits per heavy atom. The summed E-state index contributed by atoms with van der Waals surface area (Å²) >= 11 is 0. The highest BCUT2D eigenvalue weighted by atomic mass is 16.5. The molecule has 1 fully saturated rings. The largest absolute Gasteiger partial charge is 0.497 e. The van der Waals surface area contributed by atoms with Crippen molar-refractivity contribution in [3.05, 3.63) is 59.9 Å². The first kappa shape index (κ1) is 18.6. The number of benzene rings is 1. The van der Waals surface area contributed by atoms with Crippen LogP contribution >= 0.6 is 0 Å². The fraction of sp³-hybridized carbons (Fsp3) is 0.300. The molecule has 0 atom stereocenters. The molecule has 1 N–H and O–H groups in total. The summed E-state index contributed by atoms with van der Waals surface area (Å²) in [5.41, 5.74) is 4.04. The zero-order valence-electron chi connectivity index (χ0n) is 15.2. The van der Waals surface area contributed by atoms with Crippen molar-refractivity contribution in [3.8, 4) is 5.75 Å². The van der Waals surface area contributed by atoms with E-state index in [0.717, 1.165) is 5.56 Å². The Kier molecular flexibility index (Phi) is 6.14. The lowest BCUT2D eigenvalue weighted by Crippen LogP contribution is -2.42. The van der Waals surface area contributed by atoms with Gasteiger partial charge in [0.2, 0.25) is 5.91 Å². The maximum Gasteiger partial charge on any atom is 0.253 e. The third-order valence-corrected chi connectivity index (χ3v) is 4.56. The van der Waals surface area contributed by atoms with Crippen LogP contribution in [0, 0.1) is 5.92 Å². The molecule has 140 valence electrons. The molecule has 0 spiro atoms. The molecule has 0 unspecified atom stereocenters. The second-order valence-electron chi connectivity index (χ2n) is 6.31. The lowest BCUT2D eigenvalue weighted by molar-refractivity contribution is -0.126. The van der Waals surface area contributed by atoms with Crippen molar-refractivity contribution in [2.24, 2.45) is 11.0 Å². The van der Waals surface area contributed by atoms with Gasteiger partial charge < -0.3 is 9.64 Å². The second kappa shape index (κ2) is 8.93. The van der Waals surface area contributed by atoms with E-state index in [1.807, 2.05) is 0 Å². The van der Waals surface area contributed by atoms with Crippen molar-refractivity contribution in [1.82, 2.24) is 15.3 Å². The van der Waals surface area contributed by atoms with E-state index < -0.39 is 0 Å². The molecule has 7 nitrogen and oxygen atoms in total. The summed E-state index contributed by atoms with van der Waals surface area (Å²) in [7, 11) is 1.57. The molecule has 7 heteroatoms. The van der Waals surface area contributed by atoms with Gasteiger partial charge in [-0.25, -0.2) is 5.43 Å². The number of hydrazone groups is 1. The van der Waals surface area contributed by atoms with Crippen LogP contribution in [0.5, 0.6) is 5.75 Å². The number of nitrogens with one attached hydrogen (secondary N) is 1. The molecule has 1 aliphatic rings. The first-order valence-corrected chi connectivity index (χ1v) is 8.83. The fourth-order valence-electron chi connectivity index (χ4n) is 2.99. The van der Waals surface area contributed by atoms with E-state index in [1.54, 1.807) is 67.0 Å². The van der Waals surface area contributed by atoms with Crippen LogP contribution in [0.2, 0.25) is 0 Å². The SMILES string of the molecule is COc1cccc(C(=O)N2CCC(C(=O)NN=Cc3ccncc3)CC2)c1. The summed E-state index contributed by atoms with van der Waals surface area (Å²) in [4.78, 5) is 30.6. The van der Waals surface area contributed by atoms with Gasteiger partial charge in [-0.1, -0.05) is 6.07 Å². The fourth-order valence-corrected chi connectivity index (χ4v) is 2.99. The van der Waals surface area contributed by atoms with Crippen molar-refractivity contribution < 1.29 is 14.3 Å². The highest BCUT2D eigenvalue weighted by Gasteiger charge is 2.27. The van der Waals surface area contributed by atoms with Crippen LogP contribution in [0.15, 0.2) is 53.9 Å². The molecule has 27 heavy (non-hydrogen) atoms. The number of nitrogens with zero attached hydrogens (tertiary/aromatic N) is 3. The monoisotopic (exact) mass is 366 g/mol. The summed E-state index contributed by atoms with van der Waals surface area (Å²) in [6.07, 6.45) is 6.15. The quantitative estimate of drug-likeness (QED) is 0.649. The molecule has 0 radical (unpaired) electrons. The molecule has 1 aromatic carbocycles. The van der Waals surface area contributed by atoms with E-state index >= 15 is 0 Å². The van der Waals surface area contributed by atoms with Crippen molar-refractivity contribution in [2.75, 3.05) is 20.2 Å². The van der Waals surface area contributed by atoms with Gasteiger partial charge >= 0.3 is 0 Å². The Bertz CT molecular complexity index is 815. The molecule has 3 rings (SSSR count). The van der Waals surface area contributed by atoms with Crippen LogP contribution in [0.3, 0.4) is 0 Å². The zero-order chi connectivity index (χ0) is 19.1. The highest BCUT2D eigenvalue weighted by molar-refractivity contribution is 5.94. The number of aromatic nitrogens is 1.